The molecule has 29 heavy (non-hydrogen) atoms. The van der Waals surface area contributed by atoms with Crippen molar-refractivity contribution in [1.82, 2.24) is 15.3 Å². The molecule has 0 unspecified atom stereocenters. The fourth-order valence-corrected chi connectivity index (χ4v) is 3.23. The molecule has 0 radical (unpaired) electrons. The standard InChI is InChI=1S/C21H18N4O4/c1-21(15-7-9-16(29-2)10-8-15)19(27)25(20(28)24-21)22-12-14-11-13-5-3-4-6-17(13)23-18(14)26/h3-12H,1-2H3,(H,23,26)(H,24,28)/b22-12+/t21-/m0/s1. The number of nitrogens with one attached hydrogen (secondary N) is 2. The van der Waals surface area contributed by atoms with Crippen LogP contribution in [-0.4, -0.2) is 35.3 Å². The van der Waals surface area contributed by atoms with Gasteiger partial charge < -0.3 is 15.0 Å². The summed E-state index contributed by atoms with van der Waals surface area (Å²) in [5.41, 5.74) is -0.106. The predicted octanol–water partition coefficient (Wildman–Crippen LogP) is 2.34. The number of fused-ring (bicyclic) bond motifs is 1. The number of para-hydroxylation sites is 1. The molecule has 0 aliphatic carbocycles. The number of H-pyrrole nitrogens is 1. The molecule has 1 atom stereocenters. The highest BCUT2D eigenvalue weighted by Gasteiger charge is 2.49. The Morgan fingerprint density at radius 1 is 1.07 bits per heavy atom. The van der Waals surface area contributed by atoms with Crippen LogP contribution in [0.3, 0.4) is 0 Å². The minimum atomic E-state index is -1.27. The number of methoxy groups -OCH3 is 1. The van der Waals surface area contributed by atoms with Crippen LogP contribution >= 0.6 is 0 Å². The molecular formula is C21H18N4O4. The number of hydrogen-bond acceptors (Lipinski definition) is 5. The Morgan fingerprint density at radius 3 is 2.52 bits per heavy atom. The van der Waals surface area contributed by atoms with Crippen molar-refractivity contribution in [1.29, 1.82) is 0 Å². The van der Waals surface area contributed by atoms with Crippen molar-refractivity contribution in [3.05, 3.63) is 76.1 Å². The third kappa shape index (κ3) is 3.14. The van der Waals surface area contributed by atoms with Crippen molar-refractivity contribution in [2.45, 2.75) is 12.5 Å². The average molecular weight is 390 g/mol. The molecule has 1 aliphatic heterocycles. The monoisotopic (exact) mass is 390 g/mol. The zero-order chi connectivity index (χ0) is 20.6. The Balaban J connectivity index is 1.64. The van der Waals surface area contributed by atoms with Gasteiger partial charge in [-0.1, -0.05) is 30.3 Å². The molecule has 1 aromatic heterocycles. The number of imide groups is 1. The maximum atomic E-state index is 12.9. The first-order valence-electron chi connectivity index (χ1n) is 8.89. The second-order valence-corrected chi connectivity index (χ2v) is 6.79. The molecular weight excluding hydrogens is 372 g/mol. The molecule has 2 aromatic carbocycles. The zero-order valence-electron chi connectivity index (χ0n) is 15.8. The summed E-state index contributed by atoms with van der Waals surface area (Å²) >= 11 is 0. The van der Waals surface area contributed by atoms with E-state index in [1.165, 1.54) is 6.21 Å². The molecule has 1 saturated heterocycles. The van der Waals surface area contributed by atoms with Gasteiger partial charge >= 0.3 is 6.03 Å². The van der Waals surface area contributed by atoms with E-state index in [9.17, 15) is 14.4 Å². The number of carbonyl (C=O) groups is 2. The fourth-order valence-electron chi connectivity index (χ4n) is 3.23. The Kier molecular flexibility index (Phi) is 4.38. The number of aromatic amines is 1. The second-order valence-electron chi connectivity index (χ2n) is 6.79. The summed E-state index contributed by atoms with van der Waals surface area (Å²) in [6.45, 7) is 1.60. The van der Waals surface area contributed by atoms with Gasteiger partial charge in [-0.05, 0) is 42.1 Å². The second kappa shape index (κ2) is 6.90. The molecule has 4 rings (SSSR count). The van der Waals surface area contributed by atoms with Gasteiger partial charge in [0, 0.05) is 5.52 Å². The Bertz CT molecular complexity index is 1200. The van der Waals surface area contributed by atoms with Gasteiger partial charge in [0.25, 0.3) is 11.5 Å². The Hall–Kier alpha value is -3.94. The number of amides is 3. The van der Waals surface area contributed by atoms with E-state index in [4.69, 9.17) is 4.74 Å². The molecule has 0 bridgehead atoms. The van der Waals surface area contributed by atoms with E-state index in [-0.39, 0.29) is 11.1 Å². The lowest BCUT2D eigenvalue weighted by molar-refractivity contribution is -0.131. The van der Waals surface area contributed by atoms with E-state index < -0.39 is 17.5 Å². The highest BCUT2D eigenvalue weighted by molar-refractivity contribution is 6.07. The van der Waals surface area contributed by atoms with Crippen molar-refractivity contribution in [3.63, 3.8) is 0 Å². The summed E-state index contributed by atoms with van der Waals surface area (Å²) < 4.78 is 5.12. The van der Waals surface area contributed by atoms with E-state index >= 15 is 0 Å². The van der Waals surface area contributed by atoms with E-state index in [1.807, 2.05) is 18.2 Å². The van der Waals surface area contributed by atoms with Gasteiger partial charge in [0.15, 0.2) is 0 Å². The topological polar surface area (TPSA) is 104 Å². The fraction of sp³-hybridized carbons (Fsp3) is 0.143. The summed E-state index contributed by atoms with van der Waals surface area (Å²) in [6.07, 6.45) is 1.21. The third-order valence-electron chi connectivity index (χ3n) is 4.93. The largest absolute Gasteiger partial charge is 0.497 e. The number of ether oxygens (including phenoxy) is 1. The minimum absolute atomic E-state index is 0.238. The molecule has 8 nitrogen and oxygen atoms in total. The number of hydrazone groups is 1. The normalized spacial score (nSPS) is 19.2. The van der Waals surface area contributed by atoms with Crippen LogP contribution in [0.2, 0.25) is 0 Å². The summed E-state index contributed by atoms with van der Waals surface area (Å²) in [6, 6.07) is 15.1. The van der Waals surface area contributed by atoms with Crippen molar-refractivity contribution in [2.24, 2.45) is 5.10 Å². The smallest absolute Gasteiger partial charge is 0.346 e. The Labute approximate surface area is 165 Å². The average Bonchev–Trinajstić information content (AvgIpc) is 2.95. The number of aromatic nitrogens is 1. The highest BCUT2D eigenvalue weighted by Crippen LogP contribution is 2.30. The molecule has 3 aromatic rings. The number of carbonyl (C=O) groups excluding carboxylic acids is 2. The van der Waals surface area contributed by atoms with Crippen LogP contribution in [-0.2, 0) is 10.3 Å². The van der Waals surface area contributed by atoms with Gasteiger partial charge in [0.1, 0.15) is 11.3 Å². The molecule has 3 amide bonds. The first-order chi connectivity index (χ1) is 13.9. The van der Waals surface area contributed by atoms with Gasteiger partial charge in [-0.25, -0.2) is 4.79 Å². The molecule has 2 heterocycles. The first kappa shape index (κ1) is 18.4. The van der Waals surface area contributed by atoms with Crippen LogP contribution in [0.15, 0.2) is 64.5 Å². The summed E-state index contributed by atoms with van der Waals surface area (Å²) in [7, 11) is 1.55. The minimum Gasteiger partial charge on any atom is -0.497 e. The molecule has 8 heteroatoms. The van der Waals surface area contributed by atoms with Crippen LogP contribution in [0.4, 0.5) is 4.79 Å². The quantitative estimate of drug-likeness (QED) is 0.527. The van der Waals surface area contributed by atoms with Crippen LogP contribution < -0.4 is 15.6 Å². The summed E-state index contributed by atoms with van der Waals surface area (Å²) in [4.78, 5) is 40.3. The summed E-state index contributed by atoms with van der Waals surface area (Å²) in [5.74, 6) is 0.0978. The molecule has 2 N–H and O–H groups in total. The highest BCUT2D eigenvalue weighted by atomic mass is 16.5. The third-order valence-corrected chi connectivity index (χ3v) is 4.93. The van der Waals surface area contributed by atoms with E-state index in [2.05, 4.69) is 15.4 Å². The number of benzene rings is 2. The maximum absolute atomic E-state index is 12.9. The lowest BCUT2D eigenvalue weighted by atomic mass is 9.92. The number of hydrogen-bond donors (Lipinski definition) is 2. The molecule has 1 fully saturated rings. The van der Waals surface area contributed by atoms with Gasteiger partial charge in [0.2, 0.25) is 0 Å². The zero-order valence-corrected chi connectivity index (χ0v) is 15.8. The molecule has 1 aliphatic rings. The van der Waals surface area contributed by atoms with Crippen LogP contribution in [0, 0.1) is 0 Å². The number of pyridine rings is 1. The summed E-state index contributed by atoms with van der Waals surface area (Å²) in [5, 5.41) is 8.19. The lowest BCUT2D eigenvalue weighted by Gasteiger charge is -2.21. The van der Waals surface area contributed by atoms with E-state index in [0.717, 1.165) is 10.4 Å². The van der Waals surface area contributed by atoms with E-state index in [1.54, 1.807) is 50.4 Å². The first-order valence-corrected chi connectivity index (χ1v) is 8.89. The van der Waals surface area contributed by atoms with Crippen molar-refractivity contribution >= 4 is 29.1 Å². The predicted molar refractivity (Wildman–Crippen MR) is 108 cm³/mol. The number of urea groups is 1. The van der Waals surface area contributed by atoms with Crippen molar-refractivity contribution in [3.8, 4) is 5.75 Å². The van der Waals surface area contributed by atoms with Crippen LogP contribution in [0.25, 0.3) is 10.9 Å². The van der Waals surface area contributed by atoms with Gasteiger partial charge in [-0.2, -0.15) is 5.10 Å². The van der Waals surface area contributed by atoms with Crippen LogP contribution in [0.1, 0.15) is 18.1 Å². The number of nitrogens with zero attached hydrogens (tertiary/aromatic N) is 2. The SMILES string of the molecule is COc1ccc([C@]2(C)NC(=O)N(/N=C/c3cc4ccccc4[nH]c3=O)C2=O)cc1. The van der Waals surface area contributed by atoms with Crippen LogP contribution in [0.5, 0.6) is 5.75 Å². The van der Waals surface area contributed by atoms with E-state index in [0.29, 0.717) is 16.8 Å². The molecule has 0 spiro atoms. The van der Waals surface area contributed by atoms with Gasteiger partial charge in [-0.3, -0.25) is 9.59 Å². The van der Waals surface area contributed by atoms with Crippen molar-refractivity contribution < 1.29 is 14.3 Å². The van der Waals surface area contributed by atoms with Gasteiger partial charge in [-0.15, -0.1) is 5.01 Å². The Morgan fingerprint density at radius 2 is 1.79 bits per heavy atom. The lowest BCUT2D eigenvalue weighted by Crippen LogP contribution is -2.40. The van der Waals surface area contributed by atoms with Crippen molar-refractivity contribution in [2.75, 3.05) is 7.11 Å². The number of rotatable bonds is 4. The maximum Gasteiger partial charge on any atom is 0.346 e. The molecule has 146 valence electrons. The molecule has 0 saturated carbocycles. The van der Waals surface area contributed by atoms with Gasteiger partial charge in [0.05, 0.1) is 18.9 Å².